The fraction of sp³-hybridized carbons (Fsp3) is 0.370. The first kappa shape index (κ1) is 24.5. The van der Waals surface area contributed by atoms with E-state index in [0.717, 1.165) is 16.9 Å². The highest BCUT2D eigenvalue weighted by Crippen LogP contribution is 2.35. The standard InChI is InChI=1S/C27H31N3O5/c1-26(2,17-5-9-19(10-6-17)33-21-15-22(16-21)34-24(28)31)18-7-11-20(12-8-18)35-25-29-14-13-23(30-25)27(3,4)32/h5-14,21-22,32H,15-16H2,1-4H3,(H2,28,31)/t21-,22-. The number of carbonyl (C=O) groups is 1. The number of aliphatic hydroxyl groups is 1. The van der Waals surface area contributed by atoms with Gasteiger partial charge in [0.05, 0.1) is 5.69 Å². The summed E-state index contributed by atoms with van der Waals surface area (Å²) in [7, 11) is 0. The van der Waals surface area contributed by atoms with Crippen LogP contribution in [0.1, 0.15) is 57.4 Å². The van der Waals surface area contributed by atoms with Crippen molar-refractivity contribution >= 4 is 6.09 Å². The number of benzene rings is 2. The minimum atomic E-state index is -1.07. The molecule has 1 aromatic heterocycles. The summed E-state index contributed by atoms with van der Waals surface area (Å²) in [5.74, 6) is 1.39. The van der Waals surface area contributed by atoms with E-state index >= 15 is 0 Å². The largest absolute Gasteiger partial charge is 0.490 e. The van der Waals surface area contributed by atoms with Gasteiger partial charge >= 0.3 is 12.1 Å². The first-order chi connectivity index (χ1) is 16.5. The first-order valence-electron chi connectivity index (χ1n) is 11.6. The summed E-state index contributed by atoms with van der Waals surface area (Å²) in [4.78, 5) is 19.2. The van der Waals surface area contributed by atoms with Gasteiger partial charge in [0.2, 0.25) is 0 Å². The molecule has 1 fully saturated rings. The smallest absolute Gasteiger partial charge is 0.404 e. The Morgan fingerprint density at radius 2 is 1.49 bits per heavy atom. The van der Waals surface area contributed by atoms with Crippen LogP contribution < -0.4 is 15.2 Å². The summed E-state index contributed by atoms with van der Waals surface area (Å²) in [6.45, 7) is 7.65. The van der Waals surface area contributed by atoms with Crippen molar-refractivity contribution in [1.29, 1.82) is 0 Å². The van der Waals surface area contributed by atoms with Crippen molar-refractivity contribution in [2.45, 2.75) is 63.8 Å². The lowest BCUT2D eigenvalue weighted by atomic mass is 9.78. The Morgan fingerprint density at radius 3 is 2.03 bits per heavy atom. The van der Waals surface area contributed by atoms with Crippen LogP contribution in [0.3, 0.4) is 0 Å². The maximum Gasteiger partial charge on any atom is 0.404 e. The van der Waals surface area contributed by atoms with Crippen LogP contribution in [0.25, 0.3) is 0 Å². The van der Waals surface area contributed by atoms with Gasteiger partial charge in [-0.2, -0.15) is 4.98 Å². The molecule has 3 N–H and O–H groups in total. The molecule has 35 heavy (non-hydrogen) atoms. The minimum absolute atomic E-state index is 0.0267. The molecule has 0 saturated heterocycles. The van der Waals surface area contributed by atoms with Gasteiger partial charge in [0.1, 0.15) is 29.3 Å². The summed E-state index contributed by atoms with van der Waals surface area (Å²) in [6, 6.07) is 17.7. The van der Waals surface area contributed by atoms with E-state index in [1.54, 1.807) is 26.1 Å². The van der Waals surface area contributed by atoms with Crippen LogP contribution in [0.5, 0.6) is 17.5 Å². The average Bonchev–Trinajstić information content (AvgIpc) is 2.78. The fourth-order valence-corrected chi connectivity index (χ4v) is 3.96. The molecule has 8 heteroatoms. The molecule has 0 aliphatic heterocycles. The monoisotopic (exact) mass is 477 g/mol. The van der Waals surface area contributed by atoms with Crippen molar-refractivity contribution in [1.82, 2.24) is 9.97 Å². The molecule has 3 aromatic rings. The SMILES string of the molecule is CC(C)(O)c1ccnc(Oc2ccc(C(C)(C)c3ccc(O[C@H]4C[C@H](OC(N)=O)C4)cc3)cc2)n1. The van der Waals surface area contributed by atoms with Crippen molar-refractivity contribution < 1.29 is 24.1 Å². The second-order valence-corrected chi connectivity index (χ2v) is 9.83. The number of primary amides is 1. The van der Waals surface area contributed by atoms with Crippen LogP contribution in [-0.4, -0.2) is 33.4 Å². The lowest BCUT2D eigenvalue weighted by molar-refractivity contribution is -0.0197. The van der Waals surface area contributed by atoms with E-state index < -0.39 is 11.7 Å². The van der Waals surface area contributed by atoms with E-state index in [2.05, 4.69) is 35.9 Å². The van der Waals surface area contributed by atoms with Gasteiger partial charge in [-0.1, -0.05) is 38.1 Å². The zero-order valence-corrected chi connectivity index (χ0v) is 20.4. The molecule has 184 valence electrons. The predicted octanol–water partition coefficient (Wildman–Crippen LogP) is 4.83. The van der Waals surface area contributed by atoms with Crippen LogP contribution in [0.15, 0.2) is 60.8 Å². The van der Waals surface area contributed by atoms with Gasteiger partial charge in [-0.3, -0.25) is 0 Å². The highest BCUT2D eigenvalue weighted by Gasteiger charge is 2.33. The van der Waals surface area contributed by atoms with Gasteiger partial charge < -0.3 is 25.1 Å². The Morgan fingerprint density at radius 1 is 0.914 bits per heavy atom. The maximum atomic E-state index is 10.8. The Hall–Kier alpha value is -3.65. The number of rotatable bonds is 8. The quantitative estimate of drug-likeness (QED) is 0.477. The summed E-state index contributed by atoms with van der Waals surface area (Å²) in [6.07, 6.45) is 2.00. The van der Waals surface area contributed by atoms with Crippen LogP contribution in [0.2, 0.25) is 0 Å². The van der Waals surface area contributed by atoms with Gasteiger partial charge in [0.15, 0.2) is 0 Å². The molecule has 1 aliphatic carbocycles. The lowest BCUT2D eigenvalue weighted by Gasteiger charge is -2.34. The topological polar surface area (TPSA) is 117 Å². The van der Waals surface area contributed by atoms with E-state index in [9.17, 15) is 9.90 Å². The fourth-order valence-electron chi connectivity index (χ4n) is 3.96. The molecule has 0 unspecified atom stereocenters. The number of hydrogen-bond donors (Lipinski definition) is 2. The Labute approximate surface area is 205 Å². The second kappa shape index (κ2) is 9.54. The Balaban J connectivity index is 1.38. The number of nitrogens with two attached hydrogens (primary N) is 1. The van der Waals surface area contributed by atoms with Crippen LogP contribution in [0, 0.1) is 0 Å². The highest BCUT2D eigenvalue weighted by molar-refractivity contribution is 5.64. The number of amides is 1. The van der Waals surface area contributed by atoms with E-state index in [-0.39, 0.29) is 23.6 Å². The van der Waals surface area contributed by atoms with Gasteiger partial charge in [-0.25, -0.2) is 9.78 Å². The molecule has 1 amide bonds. The van der Waals surface area contributed by atoms with Crippen molar-refractivity contribution in [2.75, 3.05) is 0 Å². The number of aromatic nitrogens is 2. The third-order valence-corrected chi connectivity index (χ3v) is 6.26. The summed E-state index contributed by atoms with van der Waals surface area (Å²) < 4.78 is 16.7. The highest BCUT2D eigenvalue weighted by atomic mass is 16.6. The third kappa shape index (κ3) is 5.89. The van der Waals surface area contributed by atoms with Crippen LogP contribution in [0.4, 0.5) is 4.79 Å². The number of carbonyl (C=O) groups excluding carboxylic acids is 1. The van der Waals surface area contributed by atoms with E-state index in [1.807, 2.05) is 36.4 Å². The number of nitrogens with zero attached hydrogens (tertiary/aromatic N) is 2. The normalized spacial score (nSPS) is 17.9. The summed E-state index contributed by atoms with van der Waals surface area (Å²) >= 11 is 0. The number of hydrogen-bond acceptors (Lipinski definition) is 7. The molecule has 8 nitrogen and oxygen atoms in total. The predicted molar refractivity (Wildman–Crippen MR) is 130 cm³/mol. The number of ether oxygens (including phenoxy) is 3. The third-order valence-electron chi connectivity index (χ3n) is 6.26. The lowest BCUT2D eigenvalue weighted by Crippen LogP contribution is -2.41. The molecule has 0 radical (unpaired) electrons. The molecular weight excluding hydrogens is 446 g/mol. The molecule has 2 aromatic carbocycles. The summed E-state index contributed by atoms with van der Waals surface area (Å²) in [5, 5.41) is 10.2. The van der Waals surface area contributed by atoms with Crippen LogP contribution >= 0.6 is 0 Å². The zero-order chi connectivity index (χ0) is 25.2. The Bertz CT molecular complexity index is 1160. The molecule has 0 bridgehead atoms. The van der Waals surface area contributed by atoms with Gasteiger partial charge in [0, 0.05) is 24.5 Å². The van der Waals surface area contributed by atoms with Gasteiger partial charge in [0.25, 0.3) is 0 Å². The molecule has 1 aliphatic rings. The molecule has 1 heterocycles. The van der Waals surface area contributed by atoms with E-state index in [0.29, 0.717) is 24.3 Å². The van der Waals surface area contributed by atoms with E-state index in [1.165, 1.54) is 0 Å². The minimum Gasteiger partial charge on any atom is -0.490 e. The van der Waals surface area contributed by atoms with E-state index in [4.69, 9.17) is 19.9 Å². The first-order valence-corrected chi connectivity index (χ1v) is 11.6. The van der Waals surface area contributed by atoms with Crippen molar-refractivity contribution in [3.8, 4) is 17.5 Å². The Kier molecular flexibility index (Phi) is 6.67. The van der Waals surface area contributed by atoms with Crippen molar-refractivity contribution in [3.63, 3.8) is 0 Å². The maximum absolute atomic E-state index is 10.8. The summed E-state index contributed by atoms with van der Waals surface area (Å²) in [5.41, 5.74) is 6.48. The molecule has 1 saturated carbocycles. The van der Waals surface area contributed by atoms with Gasteiger partial charge in [-0.05, 0) is 55.3 Å². The van der Waals surface area contributed by atoms with Crippen molar-refractivity contribution in [3.05, 3.63) is 77.6 Å². The van der Waals surface area contributed by atoms with Gasteiger partial charge in [-0.15, -0.1) is 0 Å². The molecule has 0 spiro atoms. The molecule has 0 atom stereocenters. The van der Waals surface area contributed by atoms with Crippen LogP contribution in [-0.2, 0) is 15.8 Å². The molecule has 4 rings (SSSR count). The van der Waals surface area contributed by atoms with Crippen molar-refractivity contribution in [2.24, 2.45) is 5.73 Å². The molecular formula is C27H31N3O5. The average molecular weight is 478 g/mol. The second-order valence-electron chi connectivity index (χ2n) is 9.83. The zero-order valence-electron chi connectivity index (χ0n) is 20.4.